The van der Waals surface area contributed by atoms with Crippen molar-refractivity contribution in [3.8, 4) is 5.75 Å². The highest BCUT2D eigenvalue weighted by molar-refractivity contribution is 5.98. The number of carbonyl (C=O) groups is 1. The average molecular weight is 269 g/mol. The molecule has 0 aliphatic carbocycles. The fourth-order valence-electron chi connectivity index (χ4n) is 2.23. The maximum absolute atomic E-state index is 12.1. The van der Waals surface area contributed by atoms with Crippen LogP contribution in [0.5, 0.6) is 5.75 Å². The van der Waals surface area contributed by atoms with Crippen molar-refractivity contribution in [3.63, 3.8) is 0 Å². The van der Waals surface area contributed by atoms with E-state index in [1.54, 1.807) is 29.3 Å². The SMILES string of the molecule is Cc1cccnc1CN1C(=O)COc2ccc(N)cc21. The number of amides is 1. The number of aromatic nitrogens is 1. The number of nitrogens with two attached hydrogens (primary N) is 1. The summed E-state index contributed by atoms with van der Waals surface area (Å²) in [6, 6.07) is 9.16. The third kappa shape index (κ3) is 2.18. The number of hydrogen-bond donors (Lipinski definition) is 1. The fourth-order valence-corrected chi connectivity index (χ4v) is 2.23. The Hall–Kier alpha value is -2.56. The summed E-state index contributed by atoms with van der Waals surface area (Å²) in [5, 5.41) is 0. The van der Waals surface area contributed by atoms with Crippen molar-refractivity contribution in [2.45, 2.75) is 13.5 Å². The molecule has 0 radical (unpaired) electrons. The first-order valence-corrected chi connectivity index (χ1v) is 6.38. The number of carbonyl (C=O) groups excluding carboxylic acids is 1. The van der Waals surface area contributed by atoms with Gasteiger partial charge in [-0.25, -0.2) is 0 Å². The van der Waals surface area contributed by atoms with Crippen molar-refractivity contribution in [2.75, 3.05) is 17.2 Å². The Morgan fingerprint density at radius 1 is 1.40 bits per heavy atom. The average Bonchev–Trinajstić information content (AvgIpc) is 2.44. The van der Waals surface area contributed by atoms with E-state index in [0.29, 0.717) is 23.7 Å². The van der Waals surface area contributed by atoms with E-state index in [2.05, 4.69) is 4.98 Å². The van der Waals surface area contributed by atoms with Gasteiger partial charge in [0.15, 0.2) is 6.61 Å². The fraction of sp³-hybridized carbons (Fsp3) is 0.200. The van der Waals surface area contributed by atoms with Gasteiger partial charge in [0.25, 0.3) is 5.91 Å². The third-order valence-electron chi connectivity index (χ3n) is 3.35. The molecule has 2 aromatic rings. The zero-order chi connectivity index (χ0) is 14.1. The molecule has 0 saturated carbocycles. The van der Waals surface area contributed by atoms with E-state index >= 15 is 0 Å². The van der Waals surface area contributed by atoms with Crippen LogP contribution in [0.4, 0.5) is 11.4 Å². The largest absolute Gasteiger partial charge is 0.482 e. The third-order valence-corrected chi connectivity index (χ3v) is 3.35. The van der Waals surface area contributed by atoms with Crippen LogP contribution in [-0.2, 0) is 11.3 Å². The molecule has 2 heterocycles. The molecule has 2 N–H and O–H groups in total. The van der Waals surface area contributed by atoms with Crippen LogP contribution in [0.3, 0.4) is 0 Å². The number of rotatable bonds is 2. The molecule has 0 spiro atoms. The van der Waals surface area contributed by atoms with Crippen molar-refractivity contribution in [3.05, 3.63) is 47.8 Å². The Morgan fingerprint density at radius 2 is 2.25 bits per heavy atom. The summed E-state index contributed by atoms with van der Waals surface area (Å²) in [7, 11) is 0. The summed E-state index contributed by atoms with van der Waals surface area (Å²) in [4.78, 5) is 18.1. The predicted molar refractivity (Wildman–Crippen MR) is 76.5 cm³/mol. The number of hydrogen-bond acceptors (Lipinski definition) is 4. The zero-order valence-corrected chi connectivity index (χ0v) is 11.2. The normalized spacial score (nSPS) is 13.8. The van der Waals surface area contributed by atoms with E-state index in [1.807, 2.05) is 19.1 Å². The second-order valence-corrected chi connectivity index (χ2v) is 4.76. The highest BCUT2D eigenvalue weighted by Crippen LogP contribution is 2.34. The first kappa shape index (κ1) is 12.5. The van der Waals surface area contributed by atoms with Gasteiger partial charge in [-0.05, 0) is 36.8 Å². The lowest BCUT2D eigenvalue weighted by atomic mass is 10.1. The molecule has 1 aromatic carbocycles. The van der Waals surface area contributed by atoms with Gasteiger partial charge in [-0.1, -0.05) is 6.07 Å². The first-order chi connectivity index (χ1) is 9.65. The van der Waals surface area contributed by atoms with E-state index in [1.165, 1.54) is 0 Å². The molecule has 1 amide bonds. The van der Waals surface area contributed by atoms with Crippen molar-refractivity contribution >= 4 is 17.3 Å². The van der Waals surface area contributed by atoms with Crippen molar-refractivity contribution in [1.82, 2.24) is 4.98 Å². The van der Waals surface area contributed by atoms with Gasteiger partial charge in [0.05, 0.1) is 17.9 Å². The molecule has 0 bridgehead atoms. The number of benzene rings is 1. The molecule has 0 unspecified atom stereocenters. The number of pyridine rings is 1. The van der Waals surface area contributed by atoms with Crippen LogP contribution in [0.15, 0.2) is 36.5 Å². The van der Waals surface area contributed by atoms with Crippen LogP contribution < -0.4 is 15.4 Å². The summed E-state index contributed by atoms with van der Waals surface area (Å²) in [5.74, 6) is 0.584. The van der Waals surface area contributed by atoms with E-state index in [0.717, 1.165) is 11.3 Å². The summed E-state index contributed by atoms with van der Waals surface area (Å²) < 4.78 is 5.42. The van der Waals surface area contributed by atoms with Crippen LogP contribution in [0.2, 0.25) is 0 Å². The molecule has 20 heavy (non-hydrogen) atoms. The van der Waals surface area contributed by atoms with Gasteiger partial charge in [0, 0.05) is 11.9 Å². The molecule has 1 aliphatic rings. The molecule has 5 heteroatoms. The lowest BCUT2D eigenvalue weighted by Crippen LogP contribution is -2.38. The van der Waals surface area contributed by atoms with Crippen LogP contribution in [-0.4, -0.2) is 17.5 Å². The Kier molecular flexibility index (Phi) is 3.02. The molecule has 0 saturated heterocycles. The molecule has 0 fully saturated rings. The topological polar surface area (TPSA) is 68.5 Å². The summed E-state index contributed by atoms with van der Waals surface area (Å²) in [5.41, 5.74) is 9.03. The van der Waals surface area contributed by atoms with E-state index < -0.39 is 0 Å². The number of anilines is 2. The molecule has 3 rings (SSSR count). The van der Waals surface area contributed by atoms with E-state index in [4.69, 9.17) is 10.5 Å². The molecule has 102 valence electrons. The highest BCUT2D eigenvalue weighted by atomic mass is 16.5. The predicted octanol–water partition coefficient (Wildman–Crippen LogP) is 1.90. The van der Waals surface area contributed by atoms with E-state index in [-0.39, 0.29) is 12.5 Å². The van der Waals surface area contributed by atoms with Crippen LogP contribution in [0.25, 0.3) is 0 Å². The maximum atomic E-state index is 12.1. The van der Waals surface area contributed by atoms with Gasteiger partial charge in [0.2, 0.25) is 0 Å². The quantitative estimate of drug-likeness (QED) is 0.845. The van der Waals surface area contributed by atoms with E-state index in [9.17, 15) is 4.79 Å². The Bertz CT molecular complexity index is 670. The second-order valence-electron chi connectivity index (χ2n) is 4.76. The summed E-state index contributed by atoms with van der Waals surface area (Å²) >= 11 is 0. The molecule has 5 nitrogen and oxygen atoms in total. The van der Waals surface area contributed by atoms with Gasteiger partial charge in [-0.15, -0.1) is 0 Å². The minimum Gasteiger partial charge on any atom is -0.482 e. The van der Waals surface area contributed by atoms with Gasteiger partial charge in [-0.2, -0.15) is 0 Å². The van der Waals surface area contributed by atoms with Gasteiger partial charge in [0.1, 0.15) is 5.75 Å². The smallest absolute Gasteiger partial charge is 0.265 e. The first-order valence-electron chi connectivity index (χ1n) is 6.38. The maximum Gasteiger partial charge on any atom is 0.265 e. The van der Waals surface area contributed by atoms with Crippen LogP contribution in [0.1, 0.15) is 11.3 Å². The lowest BCUT2D eigenvalue weighted by molar-refractivity contribution is -0.121. The van der Waals surface area contributed by atoms with Crippen molar-refractivity contribution in [1.29, 1.82) is 0 Å². The van der Waals surface area contributed by atoms with Gasteiger partial charge in [-0.3, -0.25) is 14.7 Å². The van der Waals surface area contributed by atoms with Gasteiger partial charge >= 0.3 is 0 Å². The number of ether oxygens (including phenoxy) is 1. The Labute approximate surface area is 117 Å². The monoisotopic (exact) mass is 269 g/mol. The molecular formula is C15H15N3O2. The number of nitrogens with zero attached hydrogens (tertiary/aromatic N) is 2. The van der Waals surface area contributed by atoms with Crippen molar-refractivity contribution in [2.24, 2.45) is 0 Å². The van der Waals surface area contributed by atoms with Crippen molar-refractivity contribution < 1.29 is 9.53 Å². The number of aryl methyl sites for hydroxylation is 1. The highest BCUT2D eigenvalue weighted by Gasteiger charge is 2.26. The molecule has 1 aliphatic heterocycles. The zero-order valence-electron chi connectivity index (χ0n) is 11.2. The van der Waals surface area contributed by atoms with Crippen LogP contribution in [0, 0.1) is 6.92 Å². The number of fused-ring (bicyclic) bond motifs is 1. The molecule has 0 atom stereocenters. The number of nitrogen functional groups attached to an aromatic ring is 1. The Morgan fingerprint density at radius 3 is 3.05 bits per heavy atom. The summed E-state index contributed by atoms with van der Waals surface area (Å²) in [6.45, 7) is 2.45. The van der Waals surface area contributed by atoms with Crippen LogP contribution >= 0.6 is 0 Å². The molecular weight excluding hydrogens is 254 g/mol. The van der Waals surface area contributed by atoms with Gasteiger partial charge < -0.3 is 10.5 Å². The minimum atomic E-state index is -0.0897. The lowest BCUT2D eigenvalue weighted by Gasteiger charge is -2.29. The second kappa shape index (κ2) is 4.85. The standard InChI is InChI=1S/C15H15N3O2/c1-10-3-2-6-17-12(10)8-18-13-7-11(16)4-5-14(13)20-9-15(18)19/h2-7H,8-9,16H2,1H3. The molecule has 1 aromatic heterocycles. The summed E-state index contributed by atoms with van der Waals surface area (Å²) in [6.07, 6.45) is 1.73. The Balaban J connectivity index is 1.99. The minimum absolute atomic E-state index is 0.0444.